The minimum Gasteiger partial charge on any atom is -0.206 e. The van der Waals surface area contributed by atoms with Gasteiger partial charge in [0, 0.05) is 25.1 Å². The Morgan fingerprint density at radius 3 is 2.41 bits per heavy atom. The zero-order valence-corrected chi connectivity index (χ0v) is 15.3. The predicted molar refractivity (Wildman–Crippen MR) is 96.4 cm³/mol. The fraction of sp³-hybridized carbons (Fsp3) is 0.0667. The molecule has 0 spiro atoms. The topological polar surface area (TPSA) is 25.8 Å². The summed E-state index contributed by atoms with van der Waals surface area (Å²) in [5.41, 5.74) is 2.13. The molecule has 0 amide bonds. The second kappa shape index (κ2) is 5.49. The summed E-state index contributed by atoms with van der Waals surface area (Å²) in [6, 6.07) is 9.87. The molecule has 0 saturated heterocycles. The van der Waals surface area contributed by atoms with Gasteiger partial charge in [-0.3, -0.25) is 0 Å². The molecular weight excluding hydrogens is 403 g/mol. The molecule has 3 heterocycles. The molecule has 0 atom stereocenters. The van der Waals surface area contributed by atoms with Gasteiger partial charge in [0.1, 0.15) is 16.9 Å². The van der Waals surface area contributed by atoms with Crippen LogP contribution in [0.15, 0.2) is 34.8 Å². The normalized spacial score (nSPS) is 11.4. The number of rotatable bonds is 2. The molecule has 110 valence electrons. The molecule has 4 rings (SSSR count). The van der Waals surface area contributed by atoms with Crippen LogP contribution in [0.1, 0.15) is 4.88 Å². The minimum absolute atomic E-state index is 0.308. The number of hydrogen-bond donors (Lipinski definition) is 0. The maximum Gasteiger partial charge on any atom is 0.140 e. The highest BCUT2D eigenvalue weighted by Gasteiger charge is 2.17. The van der Waals surface area contributed by atoms with E-state index in [1.165, 1.54) is 20.7 Å². The fourth-order valence-corrected chi connectivity index (χ4v) is 5.31. The van der Waals surface area contributed by atoms with E-state index in [1.807, 2.05) is 6.07 Å². The quantitative estimate of drug-likeness (QED) is 0.384. The Kier molecular flexibility index (Phi) is 3.60. The van der Waals surface area contributed by atoms with Gasteiger partial charge in [0.15, 0.2) is 0 Å². The van der Waals surface area contributed by atoms with Gasteiger partial charge < -0.3 is 0 Å². The van der Waals surface area contributed by atoms with Crippen LogP contribution in [0.4, 0.5) is 4.39 Å². The lowest BCUT2D eigenvalue weighted by atomic mass is 10.1. The Labute approximate surface area is 146 Å². The second-order valence-corrected chi connectivity index (χ2v) is 8.45. The number of aryl methyl sites for hydroxylation is 1. The molecule has 3 aromatic heterocycles. The third-order valence-electron chi connectivity index (χ3n) is 3.29. The van der Waals surface area contributed by atoms with Gasteiger partial charge in [-0.15, -0.1) is 22.7 Å². The molecule has 1 aromatic carbocycles. The van der Waals surface area contributed by atoms with Crippen LogP contribution in [0.5, 0.6) is 0 Å². The van der Waals surface area contributed by atoms with E-state index in [4.69, 9.17) is 0 Å². The van der Waals surface area contributed by atoms with Crippen LogP contribution in [0.3, 0.4) is 0 Å². The highest BCUT2D eigenvalue weighted by Crippen LogP contribution is 2.41. The number of nitrogens with zero attached hydrogens (tertiary/aromatic N) is 2. The third kappa shape index (κ3) is 2.32. The van der Waals surface area contributed by atoms with Crippen molar-refractivity contribution < 1.29 is 4.39 Å². The Hall–Kier alpha value is -1.15. The molecule has 22 heavy (non-hydrogen) atoms. The summed E-state index contributed by atoms with van der Waals surface area (Å²) in [5.74, 6) is -0.308. The molecule has 2 nitrogen and oxygen atoms in total. The molecule has 0 bridgehead atoms. The number of fused-ring (bicyclic) bond motifs is 1. The van der Waals surface area contributed by atoms with Gasteiger partial charge >= 0.3 is 0 Å². The predicted octanol–water partition coefficient (Wildman–Crippen LogP) is 6.36. The first-order valence-electron chi connectivity index (χ1n) is 6.41. The van der Waals surface area contributed by atoms with E-state index in [2.05, 4.69) is 49.8 Å². The van der Waals surface area contributed by atoms with E-state index in [-0.39, 0.29) is 5.82 Å². The van der Waals surface area contributed by atoms with Crippen LogP contribution in [-0.4, -0.2) is 8.75 Å². The maximum atomic E-state index is 14.1. The monoisotopic (exact) mass is 410 g/mol. The van der Waals surface area contributed by atoms with Gasteiger partial charge in [-0.25, -0.2) is 4.39 Å². The van der Waals surface area contributed by atoms with Crippen LogP contribution in [0.25, 0.3) is 31.2 Å². The van der Waals surface area contributed by atoms with Crippen molar-refractivity contribution in [3.8, 4) is 20.2 Å². The molecule has 0 radical (unpaired) electrons. The Balaban J connectivity index is 1.88. The van der Waals surface area contributed by atoms with Gasteiger partial charge in [0.05, 0.1) is 16.2 Å². The largest absolute Gasteiger partial charge is 0.206 e. The van der Waals surface area contributed by atoms with E-state index in [0.29, 0.717) is 9.99 Å². The van der Waals surface area contributed by atoms with E-state index >= 15 is 0 Å². The van der Waals surface area contributed by atoms with Crippen LogP contribution < -0.4 is 0 Å². The maximum absolute atomic E-state index is 14.1. The number of halogens is 2. The van der Waals surface area contributed by atoms with E-state index in [1.54, 1.807) is 22.7 Å². The van der Waals surface area contributed by atoms with Crippen LogP contribution in [0, 0.1) is 12.7 Å². The van der Waals surface area contributed by atoms with Crippen molar-refractivity contribution in [3.05, 3.63) is 45.5 Å². The minimum atomic E-state index is -0.308. The zero-order chi connectivity index (χ0) is 15.3. The number of thiophene rings is 2. The van der Waals surface area contributed by atoms with Crippen molar-refractivity contribution in [2.45, 2.75) is 6.92 Å². The van der Waals surface area contributed by atoms with Gasteiger partial charge in [-0.2, -0.15) is 8.75 Å². The Bertz CT molecular complexity index is 986. The summed E-state index contributed by atoms with van der Waals surface area (Å²) in [6.45, 7) is 2.09. The number of aromatic nitrogens is 2. The lowest BCUT2D eigenvalue weighted by molar-refractivity contribution is 0.623. The highest BCUT2D eigenvalue weighted by molar-refractivity contribution is 9.10. The van der Waals surface area contributed by atoms with Gasteiger partial charge in [-0.1, -0.05) is 0 Å². The SMILES string of the molecule is Cc1ccc(-c2ccc(-c3cc(F)c(Br)c4nsnc34)s2)s1. The molecule has 0 aliphatic rings. The highest BCUT2D eigenvalue weighted by atomic mass is 79.9. The third-order valence-corrected chi connectivity index (χ3v) is 6.88. The first-order valence-corrected chi connectivity index (χ1v) is 9.56. The van der Waals surface area contributed by atoms with Crippen molar-refractivity contribution in [1.82, 2.24) is 8.75 Å². The van der Waals surface area contributed by atoms with Crippen molar-refractivity contribution in [2.75, 3.05) is 0 Å². The Morgan fingerprint density at radius 2 is 1.64 bits per heavy atom. The smallest absolute Gasteiger partial charge is 0.140 e. The molecule has 7 heteroatoms. The van der Waals surface area contributed by atoms with Crippen molar-refractivity contribution in [2.24, 2.45) is 0 Å². The summed E-state index contributed by atoms with van der Waals surface area (Å²) in [6.07, 6.45) is 0. The average Bonchev–Trinajstić information content (AvgIpc) is 3.22. The molecule has 0 aliphatic heterocycles. The average molecular weight is 411 g/mol. The Morgan fingerprint density at radius 1 is 0.955 bits per heavy atom. The van der Waals surface area contributed by atoms with E-state index in [0.717, 1.165) is 27.7 Å². The van der Waals surface area contributed by atoms with Gasteiger partial charge in [0.25, 0.3) is 0 Å². The van der Waals surface area contributed by atoms with E-state index in [9.17, 15) is 4.39 Å². The second-order valence-electron chi connectivity index (χ2n) is 4.76. The molecule has 0 N–H and O–H groups in total. The number of benzene rings is 1. The van der Waals surface area contributed by atoms with Gasteiger partial charge in [0.2, 0.25) is 0 Å². The molecule has 0 aliphatic carbocycles. The summed E-state index contributed by atoms with van der Waals surface area (Å²) in [7, 11) is 0. The summed E-state index contributed by atoms with van der Waals surface area (Å²) in [5, 5.41) is 0. The number of hydrogen-bond acceptors (Lipinski definition) is 5. The van der Waals surface area contributed by atoms with Crippen LogP contribution in [0.2, 0.25) is 0 Å². The molecule has 0 saturated carbocycles. The van der Waals surface area contributed by atoms with Crippen LogP contribution >= 0.6 is 50.3 Å². The fourth-order valence-electron chi connectivity index (χ4n) is 2.25. The van der Waals surface area contributed by atoms with E-state index < -0.39 is 0 Å². The van der Waals surface area contributed by atoms with Crippen molar-refractivity contribution in [3.63, 3.8) is 0 Å². The van der Waals surface area contributed by atoms with Crippen LogP contribution in [-0.2, 0) is 0 Å². The van der Waals surface area contributed by atoms with Crippen molar-refractivity contribution in [1.29, 1.82) is 0 Å². The van der Waals surface area contributed by atoms with Crippen molar-refractivity contribution >= 4 is 61.4 Å². The molecule has 4 aromatic rings. The molecule has 0 unspecified atom stereocenters. The first kappa shape index (κ1) is 14.4. The summed E-state index contributed by atoms with van der Waals surface area (Å²) < 4.78 is 23.0. The lowest BCUT2D eigenvalue weighted by Gasteiger charge is -2.01. The standard InChI is InChI=1S/C15H8BrFN2S3/c1-7-2-3-11(20-7)12-5-4-10(21-12)8-6-9(17)13(16)15-14(8)18-22-19-15/h2-6H,1H3. The zero-order valence-electron chi connectivity index (χ0n) is 11.3. The van der Waals surface area contributed by atoms with Gasteiger partial charge in [-0.05, 0) is 53.2 Å². The summed E-state index contributed by atoms with van der Waals surface area (Å²) in [4.78, 5) is 4.71. The summed E-state index contributed by atoms with van der Waals surface area (Å²) >= 11 is 7.76. The molecular formula is C15H8BrFN2S3. The first-order chi connectivity index (χ1) is 10.6. The lowest BCUT2D eigenvalue weighted by Crippen LogP contribution is -1.84. The molecule has 0 fully saturated rings.